The molecule has 2 aliphatic rings. The van der Waals surface area contributed by atoms with Crippen molar-refractivity contribution in [3.63, 3.8) is 0 Å². The molecule has 1 aromatic carbocycles. The molecule has 0 spiro atoms. The van der Waals surface area contributed by atoms with Crippen molar-refractivity contribution >= 4 is 26.0 Å². The maximum Gasteiger partial charge on any atom is 0.243 e. The smallest absolute Gasteiger partial charge is 0.243 e. The number of halogens is 1. The predicted octanol–water partition coefficient (Wildman–Crippen LogP) is 2.27. The molecule has 2 unspecified atom stereocenters. The second-order valence-corrected chi connectivity index (χ2v) is 8.49. The Morgan fingerprint density at radius 2 is 2.00 bits per heavy atom. The predicted molar refractivity (Wildman–Crippen MR) is 82.2 cm³/mol. The van der Waals surface area contributed by atoms with Crippen molar-refractivity contribution in [1.82, 2.24) is 9.62 Å². The number of nitrogens with one attached hydrogen (secondary N) is 1. The fourth-order valence-electron chi connectivity index (χ4n) is 3.06. The lowest BCUT2D eigenvalue weighted by molar-refractivity contribution is 0.383. The van der Waals surface area contributed by atoms with Gasteiger partial charge in [0, 0.05) is 29.6 Å². The Hall–Kier alpha value is -0.430. The fourth-order valence-corrected chi connectivity index (χ4v) is 4.89. The lowest BCUT2D eigenvalue weighted by Gasteiger charge is -2.23. The zero-order valence-electron chi connectivity index (χ0n) is 11.5. The fraction of sp³-hybridized carbons (Fsp3) is 0.571. The lowest BCUT2D eigenvalue weighted by Crippen LogP contribution is -2.39. The summed E-state index contributed by atoms with van der Waals surface area (Å²) in [6.45, 7) is 3.12. The summed E-state index contributed by atoms with van der Waals surface area (Å²) in [6.07, 6.45) is 3.16. The van der Waals surface area contributed by atoms with Gasteiger partial charge in [0.2, 0.25) is 10.0 Å². The highest BCUT2D eigenvalue weighted by atomic mass is 79.9. The Morgan fingerprint density at radius 1 is 1.25 bits per heavy atom. The summed E-state index contributed by atoms with van der Waals surface area (Å²) in [5, 5.41) is 3.51. The molecule has 2 fully saturated rings. The molecular formula is C14H19BrN2O2S. The number of hydrogen-bond donors (Lipinski definition) is 1. The Balaban J connectivity index is 1.89. The average Bonchev–Trinajstić information content (AvgIpc) is 2.71. The molecule has 2 bridgehead atoms. The van der Waals surface area contributed by atoms with Crippen LogP contribution in [0, 0.1) is 6.92 Å². The van der Waals surface area contributed by atoms with E-state index in [1.165, 1.54) is 6.42 Å². The summed E-state index contributed by atoms with van der Waals surface area (Å²) in [5.74, 6) is 0. The van der Waals surface area contributed by atoms with Crippen molar-refractivity contribution in [3.05, 3.63) is 28.2 Å². The number of nitrogens with zero attached hydrogens (tertiary/aromatic N) is 1. The van der Waals surface area contributed by atoms with Crippen molar-refractivity contribution in [2.75, 3.05) is 13.1 Å². The first-order valence-corrected chi connectivity index (χ1v) is 9.22. The molecule has 2 aliphatic heterocycles. The van der Waals surface area contributed by atoms with Gasteiger partial charge in [-0.3, -0.25) is 0 Å². The van der Waals surface area contributed by atoms with Crippen LogP contribution in [0.3, 0.4) is 0 Å². The third-order valence-electron chi connectivity index (χ3n) is 4.25. The highest BCUT2D eigenvalue weighted by Crippen LogP contribution is 2.27. The Labute approximate surface area is 128 Å². The van der Waals surface area contributed by atoms with Gasteiger partial charge in [0.1, 0.15) is 0 Å². The first-order chi connectivity index (χ1) is 9.46. The van der Waals surface area contributed by atoms with Crippen LogP contribution in [0.1, 0.15) is 24.8 Å². The van der Waals surface area contributed by atoms with Crippen molar-refractivity contribution in [1.29, 1.82) is 0 Å². The molecule has 1 N–H and O–H groups in total. The van der Waals surface area contributed by atoms with Gasteiger partial charge in [-0.05, 0) is 49.9 Å². The van der Waals surface area contributed by atoms with E-state index in [1.807, 2.05) is 13.0 Å². The number of aryl methyl sites for hydroxylation is 1. The third kappa shape index (κ3) is 2.66. The van der Waals surface area contributed by atoms with E-state index in [4.69, 9.17) is 0 Å². The van der Waals surface area contributed by atoms with Crippen LogP contribution in [0.4, 0.5) is 0 Å². The van der Waals surface area contributed by atoms with Gasteiger partial charge in [-0.1, -0.05) is 15.9 Å². The molecule has 0 aliphatic carbocycles. The minimum absolute atomic E-state index is 0.314. The molecule has 2 saturated heterocycles. The van der Waals surface area contributed by atoms with Crippen molar-refractivity contribution in [2.24, 2.45) is 0 Å². The highest BCUT2D eigenvalue weighted by molar-refractivity contribution is 9.10. The molecule has 2 heterocycles. The van der Waals surface area contributed by atoms with Gasteiger partial charge >= 0.3 is 0 Å². The van der Waals surface area contributed by atoms with E-state index in [2.05, 4.69) is 21.2 Å². The van der Waals surface area contributed by atoms with E-state index in [0.717, 1.165) is 22.9 Å². The molecule has 0 amide bonds. The van der Waals surface area contributed by atoms with E-state index in [0.29, 0.717) is 30.1 Å². The molecule has 0 radical (unpaired) electrons. The van der Waals surface area contributed by atoms with Crippen molar-refractivity contribution < 1.29 is 8.42 Å². The number of sulfonamides is 1. The van der Waals surface area contributed by atoms with Crippen LogP contribution in [0.25, 0.3) is 0 Å². The molecule has 0 saturated carbocycles. The summed E-state index contributed by atoms with van der Waals surface area (Å²) >= 11 is 3.41. The summed E-state index contributed by atoms with van der Waals surface area (Å²) < 4.78 is 28.1. The van der Waals surface area contributed by atoms with E-state index in [1.54, 1.807) is 16.4 Å². The Kier molecular flexibility index (Phi) is 3.92. The van der Waals surface area contributed by atoms with Gasteiger partial charge in [-0.25, -0.2) is 8.42 Å². The molecular weight excluding hydrogens is 340 g/mol. The van der Waals surface area contributed by atoms with E-state index >= 15 is 0 Å². The van der Waals surface area contributed by atoms with E-state index < -0.39 is 10.0 Å². The minimum Gasteiger partial charge on any atom is -0.310 e. The third-order valence-corrected chi connectivity index (χ3v) is 7.00. The summed E-state index contributed by atoms with van der Waals surface area (Å²) in [4.78, 5) is 0.399. The van der Waals surface area contributed by atoms with Gasteiger partial charge in [-0.15, -0.1) is 0 Å². The monoisotopic (exact) mass is 358 g/mol. The van der Waals surface area contributed by atoms with Crippen LogP contribution in [0.5, 0.6) is 0 Å². The standard InChI is InChI=1S/C14H19BrN2O2S/c1-10-8-13(4-5-14(10)15)20(18,19)17-7-6-11-2-3-12(9-17)16-11/h4-5,8,11-12,16H,2-3,6-7,9H2,1H3. The van der Waals surface area contributed by atoms with Crippen LogP contribution in [-0.4, -0.2) is 37.9 Å². The van der Waals surface area contributed by atoms with Crippen LogP contribution >= 0.6 is 15.9 Å². The molecule has 20 heavy (non-hydrogen) atoms. The first-order valence-electron chi connectivity index (χ1n) is 6.99. The van der Waals surface area contributed by atoms with E-state index in [-0.39, 0.29) is 0 Å². The Morgan fingerprint density at radius 3 is 2.75 bits per heavy atom. The normalized spacial score (nSPS) is 27.5. The molecule has 0 aromatic heterocycles. The molecule has 2 atom stereocenters. The van der Waals surface area contributed by atoms with Gasteiger partial charge in [-0.2, -0.15) is 4.31 Å². The zero-order valence-corrected chi connectivity index (χ0v) is 13.9. The number of benzene rings is 1. The minimum atomic E-state index is -3.37. The maximum atomic E-state index is 12.8. The molecule has 6 heteroatoms. The molecule has 4 nitrogen and oxygen atoms in total. The number of rotatable bonds is 2. The number of fused-ring (bicyclic) bond motifs is 2. The summed E-state index contributed by atoms with van der Waals surface area (Å²) in [7, 11) is -3.37. The quantitative estimate of drug-likeness (QED) is 0.882. The second-order valence-electron chi connectivity index (χ2n) is 5.70. The highest BCUT2D eigenvalue weighted by Gasteiger charge is 2.34. The largest absolute Gasteiger partial charge is 0.310 e. The van der Waals surface area contributed by atoms with Crippen molar-refractivity contribution in [3.8, 4) is 0 Å². The second kappa shape index (κ2) is 5.40. The van der Waals surface area contributed by atoms with Crippen LogP contribution < -0.4 is 5.32 Å². The van der Waals surface area contributed by atoms with Crippen molar-refractivity contribution in [2.45, 2.75) is 43.2 Å². The summed E-state index contributed by atoms with van der Waals surface area (Å²) in [5.41, 5.74) is 0.945. The van der Waals surface area contributed by atoms with Crippen LogP contribution in [-0.2, 0) is 10.0 Å². The van der Waals surface area contributed by atoms with Gasteiger partial charge < -0.3 is 5.32 Å². The van der Waals surface area contributed by atoms with Gasteiger partial charge in [0.25, 0.3) is 0 Å². The lowest BCUT2D eigenvalue weighted by atomic mass is 10.1. The topological polar surface area (TPSA) is 49.4 Å². The van der Waals surface area contributed by atoms with Gasteiger partial charge in [0.05, 0.1) is 4.90 Å². The SMILES string of the molecule is Cc1cc(S(=O)(=O)N2CCC3CCC(C2)N3)ccc1Br. The Bertz CT molecular complexity index is 618. The molecule has 110 valence electrons. The molecule has 3 rings (SSSR count). The maximum absolute atomic E-state index is 12.8. The zero-order chi connectivity index (χ0) is 14.3. The van der Waals surface area contributed by atoms with Crippen LogP contribution in [0.15, 0.2) is 27.6 Å². The number of hydrogen-bond acceptors (Lipinski definition) is 3. The van der Waals surface area contributed by atoms with Gasteiger partial charge in [0.15, 0.2) is 0 Å². The molecule has 1 aromatic rings. The average molecular weight is 359 g/mol. The first kappa shape index (κ1) is 14.5. The summed E-state index contributed by atoms with van der Waals surface area (Å²) in [6, 6.07) is 6.05. The van der Waals surface area contributed by atoms with E-state index in [9.17, 15) is 8.42 Å². The van der Waals surface area contributed by atoms with Crippen LogP contribution in [0.2, 0.25) is 0 Å².